The number of amides is 2. The summed E-state index contributed by atoms with van der Waals surface area (Å²) in [7, 11) is -7.99. The summed E-state index contributed by atoms with van der Waals surface area (Å²) in [5.41, 5.74) is 2.06. The van der Waals surface area contributed by atoms with Crippen LogP contribution in [0, 0.1) is 0 Å². The first-order chi connectivity index (χ1) is 29.7. The lowest BCUT2D eigenvalue weighted by molar-refractivity contribution is -0.125. The van der Waals surface area contributed by atoms with Crippen LogP contribution in [0.5, 0.6) is 11.5 Å². The molecule has 0 aliphatic carbocycles. The SMILES string of the molecule is CC(C)(C)N1C(=O)C(NCCCOc2cccc(O)c2)=C(c2ccccc2)S1(=O)=O.O=C1C(NCCCCc2ccccc2)=C(c2ccccc2)S(=O)(=O)N1Cc1ccccn1. The zero-order valence-corrected chi connectivity index (χ0v) is 36.5. The molecule has 2 amide bonds. The minimum atomic E-state index is -4.00. The van der Waals surface area contributed by atoms with Crippen LogP contribution in [-0.4, -0.2) is 72.6 Å². The van der Waals surface area contributed by atoms with E-state index in [-0.39, 0.29) is 33.5 Å². The number of phenolic OH excluding ortho intramolecular Hbond substituents is 1. The van der Waals surface area contributed by atoms with E-state index in [0.717, 1.165) is 27.9 Å². The van der Waals surface area contributed by atoms with Crippen molar-refractivity contribution in [3.8, 4) is 11.5 Å². The molecule has 2 aliphatic heterocycles. The van der Waals surface area contributed by atoms with E-state index in [1.807, 2.05) is 24.3 Å². The third kappa shape index (κ3) is 10.7. The third-order valence-corrected chi connectivity index (χ3v) is 13.8. The van der Waals surface area contributed by atoms with Crippen LogP contribution in [0.1, 0.15) is 62.4 Å². The average molecular weight is 878 g/mol. The molecule has 0 spiro atoms. The highest BCUT2D eigenvalue weighted by Crippen LogP contribution is 2.39. The first-order valence-electron chi connectivity index (χ1n) is 20.3. The van der Waals surface area contributed by atoms with Crippen LogP contribution in [-0.2, 0) is 42.6 Å². The van der Waals surface area contributed by atoms with Crippen LogP contribution < -0.4 is 15.4 Å². The number of carbonyl (C=O) groups excluding carboxylic acids is 2. The van der Waals surface area contributed by atoms with Gasteiger partial charge in [0.2, 0.25) is 0 Å². The lowest BCUT2D eigenvalue weighted by Crippen LogP contribution is -2.46. The molecular formula is C47H51N5O8S2. The van der Waals surface area contributed by atoms with Crippen LogP contribution >= 0.6 is 0 Å². The molecule has 62 heavy (non-hydrogen) atoms. The Morgan fingerprint density at radius 1 is 0.645 bits per heavy atom. The number of nitrogens with zero attached hydrogens (tertiary/aromatic N) is 3. The second kappa shape index (κ2) is 19.9. The Hall–Kier alpha value is -6.45. The smallest absolute Gasteiger partial charge is 0.285 e. The molecule has 0 bridgehead atoms. The standard InChI is InChI=1S/C25H25N3O3S.C22H26N2O5S/c29-25-23(27-18-9-7-13-20-11-3-1-4-12-20)24(21-14-5-2-6-15-21)32(30,31)28(25)19-22-16-8-10-17-26-22;1-22(2,3)24-21(26)19(20(30(24,27)28)16-9-5-4-6-10-16)23-13-8-14-29-18-12-7-11-17(25)15-18/h1-6,8,10-12,14-17,27H,7,9,13,18-19H2;4-7,9-12,15,23,25H,8,13-14H2,1-3H3. The Balaban J connectivity index is 0.000000207. The molecule has 0 unspecified atom stereocenters. The summed E-state index contributed by atoms with van der Waals surface area (Å²) in [6.07, 6.45) is 4.80. The molecule has 15 heteroatoms. The van der Waals surface area contributed by atoms with Crippen molar-refractivity contribution in [3.05, 3.63) is 173 Å². The van der Waals surface area contributed by atoms with Crippen LogP contribution in [0.2, 0.25) is 0 Å². The van der Waals surface area contributed by atoms with Gasteiger partial charge in [-0.3, -0.25) is 14.6 Å². The van der Waals surface area contributed by atoms with Crippen molar-refractivity contribution in [1.82, 2.24) is 24.2 Å². The summed E-state index contributed by atoms with van der Waals surface area (Å²) < 4.78 is 60.6. The van der Waals surface area contributed by atoms with Gasteiger partial charge in [0.25, 0.3) is 31.9 Å². The fourth-order valence-electron chi connectivity index (χ4n) is 7.00. The van der Waals surface area contributed by atoms with Crippen LogP contribution in [0.25, 0.3) is 9.81 Å². The van der Waals surface area contributed by atoms with E-state index in [4.69, 9.17) is 4.74 Å². The number of aryl methyl sites for hydroxylation is 1. The minimum absolute atomic E-state index is 0.00285. The van der Waals surface area contributed by atoms with E-state index >= 15 is 0 Å². The first-order valence-corrected chi connectivity index (χ1v) is 23.2. The average Bonchev–Trinajstić information content (AvgIpc) is 3.57. The maximum atomic E-state index is 13.4. The molecule has 0 radical (unpaired) electrons. The van der Waals surface area contributed by atoms with Gasteiger partial charge in [0, 0.05) is 25.4 Å². The summed E-state index contributed by atoms with van der Waals surface area (Å²) in [6, 6.07) is 39.3. The van der Waals surface area contributed by atoms with Crippen molar-refractivity contribution >= 4 is 41.7 Å². The highest BCUT2D eigenvalue weighted by molar-refractivity contribution is 8.00. The maximum Gasteiger partial charge on any atom is 0.285 e. The fourth-order valence-corrected chi connectivity index (χ4v) is 10.7. The van der Waals surface area contributed by atoms with Gasteiger partial charge in [-0.25, -0.2) is 25.4 Å². The summed E-state index contributed by atoms with van der Waals surface area (Å²) in [5, 5.41) is 15.6. The number of hydrogen-bond acceptors (Lipinski definition) is 11. The number of pyridine rings is 1. The Kier molecular flexibility index (Phi) is 14.5. The monoisotopic (exact) mass is 877 g/mol. The lowest BCUT2D eigenvalue weighted by atomic mass is 10.1. The molecule has 3 N–H and O–H groups in total. The van der Waals surface area contributed by atoms with Gasteiger partial charge in [0.1, 0.15) is 32.7 Å². The number of rotatable bonds is 16. The van der Waals surface area contributed by atoms with Gasteiger partial charge in [-0.05, 0) is 87.4 Å². The molecule has 7 rings (SSSR count). The molecule has 0 atom stereocenters. The lowest BCUT2D eigenvalue weighted by Gasteiger charge is -2.30. The van der Waals surface area contributed by atoms with E-state index in [9.17, 15) is 31.5 Å². The van der Waals surface area contributed by atoms with Crippen LogP contribution in [0.15, 0.2) is 151 Å². The second-order valence-corrected chi connectivity index (χ2v) is 19.0. The molecule has 3 heterocycles. The van der Waals surface area contributed by atoms with Gasteiger partial charge >= 0.3 is 0 Å². The van der Waals surface area contributed by atoms with Crippen molar-refractivity contribution in [2.24, 2.45) is 0 Å². The highest BCUT2D eigenvalue weighted by atomic mass is 32.2. The number of aromatic nitrogens is 1. The third-order valence-electron chi connectivity index (χ3n) is 9.80. The Labute approximate surface area is 363 Å². The van der Waals surface area contributed by atoms with E-state index in [1.165, 1.54) is 11.6 Å². The molecule has 1 aromatic heterocycles. The van der Waals surface area contributed by atoms with Gasteiger partial charge in [-0.1, -0.05) is 103 Å². The first kappa shape index (κ1) is 45.1. The van der Waals surface area contributed by atoms with Crippen LogP contribution in [0.4, 0.5) is 0 Å². The Morgan fingerprint density at radius 3 is 1.79 bits per heavy atom. The van der Waals surface area contributed by atoms with Crippen LogP contribution in [0.3, 0.4) is 0 Å². The van der Waals surface area contributed by atoms with E-state index in [1.54, 1.807) is 118 Å². The number of carbonyl (C=O) groups is 2. The number of phenols is 1. The normalized spacial score (nSPS) is 15.7. The largest absolute Gasteiger partial charge is 0.508 e. The summed E-state index contributed by atoms with van der Waals surface area (Å²) in [4.78, 5) is 30.4. The summed E-state index contributed by atoms with van der Waals surface area (Å²) in [6.45, 7) is 6.18. The molecule has 0 saturated carbocycles. The zero-order chi connectivity index (χ0) is 44.3. The Morgan fingerprint density at radius 2 is 1.21 bits per heavy atom. The topological polar surface area (TPSA) is 175 Å². The van der Waals surface area contributed by atoms with Crippen molar-refractivity contribution < 1.29 is 36.3 Å². The predicted octanol–water partition coefficient (Wildman–Crippen LogP) is 6.82. The number of benzene rings is 4. The number of unbranched alkanes of at least 4 members (excludes halogenated alkanes) is 1. The zero-order valence-electron chi connectivity index (χ0n) is 34.9. The molecule has 5 aromatic rings. The predicted molar refractivity (Wildman–Crippen MR) is 240 cm³/mol. The molecular weight excluding hydrogens is 827 g/mol. The number of ether oxygens (including phenoxy) is 1. The van der Waals surface area contributed by atoms with Crippen molar-refractivity contribution in [1.29, 1.82) is 0 Å². The van der Waals surface area contributed by atoms with Gasteiger partial charge in [-0.15, -0.1) is 0 Å². The molecule has 2 aliphatic rings. The fraction of sp³-hybridized carbons (Fsp3) is 0.255. The summed E-state index contributed by atoms with van der Waals surface area (Å²) in [5.74, 6) is -0.447. The van der Waals surface area contributed by atoms with Crippen molar-refractivity contribution in [2.45, 2.75) is 58.5 Å². The van der Waals surface area contributed by atoms with Crippen molar-refractivity contribution in [3.63, 3.8) is 0 Å². The van der Waals surface area contributed by atoms with Crippen molar-refractivity contribution in [2.75, 3.05) is 19.7 Å². The summed E-state index contributed by atoms with van der Waals surface area (Å²) >= 11 is 0. The minimum Gasteiger partial charge on any atom is -0.508 e. The van der Waals surface area contributed by atoms with Gasteiger partial charge in [-0.2, -0.15) is 0 Å². The number of hydrogen-bond donors (Lipinski definition) is 3. The van der Waals surface area contributed by atoms with Gasteiger partial charge < -0.3 is 20.5 Å². The molecule has 324 valence electrons. The highest BCUT2D eigenvalue weighted by Gasteiger charge is 2.49. The maximum absolute atomic E-state index is 13.4. The van der Waals surface area contributed by atoms with E-state index in [0.29, 0.717) is 48.7 Å². The van der Waals surface area contributed by atoms with E-state index < -0.39 is 37.4 Å². The number of nitrogens with one attached hydrogen (secondary N) is 2. The van der Waals surface area contributed by atoms with E-state index in [2.05, 4.69) is 27.8 Å². The van der Waals surface area contributed by atoms with Gasteiger partial charge in [0.15, 0.2) is 0 Å². The second-order valence-electron chi connectivity index (χ2n) is 15.5. The Bertz CT molecular complexity index is 2620. The molecule has 4 aromatic carbocycles. The number of sulfonamides is 2. The van der Waals surface area contributed by atoms with Gasteiger partial charge in [0.05, 0.1) is 24.4 Å². The molecule has 13 nitrogen and oxygen atoms in total. The number of aromatic hydroxyl groups is 1. The molecule has 0 fully saturated rings. The molecule has 0 saturated heterocycles. The quantitative estimate of drug-likeness (QED) is 0.0887.